The highest BCUT2D eigenvalue weighted by Crippen LogP contribution is 2.26. The zero-order valence-corrected chi connectivity index (χ0v) is 11.3. The van der Waals surface area contributed by atoms with Gasteiger partial charge < -0.3 is 5.73 Å². The molecule has 0 amide bonds. The fourth-order valence-corrected chi connectivity index (χ4v) is 2.27. The Morgan fingerprint density at radius 1 is 1.21 bits per heavy atom. The molecule has 0 radical (unpaired) electrons. The largest absolute Gasteiger partial charge is 0.405 e. The molecule has 1 rings (SSSR count). The molecule has 0 aromatic heterocycles. The van der Waals surface area contributed by atoms with Crippen LogP contribution in [0, 0.1) is 0 Å². The molecule has 0 spiro atoms. The number of benzene rings is 1. The summed E-state index contributed by atoms with van der Waals surface area (Å²) < 4.78 is 38.5. The molecule has 0 saturated carbocycles. The van der Waals surface area contributed by atoms with Crippen molar-refractivity contribution in [1.29, 1.82) is 0 Å². The number of halogens is 3. The molecule has 0 aliphatic heterocycles. The summed E-state index contributed by atoms with van der Waals surface area (Å²) in [6.07, 6.45) is -2.83. The van der Waals surface area contributed by atoms with E-state index in [0.29, 0.717) is 13.0 Å². The third-order valence-electron chi connectivity index (χ3n) is 3.13. The van der Waals surface area contributed by atoms with E-state index in [1.54, 1.807) is 0 Å². The van der Waals surface area contributed by atoms with Gasteiger partial charge in [-0.2, -0.15) is 13.2 Å². The highest BCUT2D eigenvalue weighted by atomic mass is 19.4. The second kappa shape index (κ2) is 6.91. The van der Waals surface area contributed by atoms with Crippen LogP contribution in [0.2, 0.25) is 0 Å². The Hall–Kier alpha value is -1.07. The highest BCUT2D eigenvalue weighted by Gasteiger charge is 2.44. The second-order valence-electron chi connectivity index (χ2n) is 4.92. The Kier molecular flexibility index (Phi) is 5.82. The van der Waals surface area contributed by atoms with Gasteiger partial charge in [-0.1, -0.05) is 30.3 Å². The van der Waals surface area contributed by atoms with Crippen molar-refractivity contribution in [3.05, 3.63) is 35.9 Å². The minimum atomic E-state index is -4.28. The number of hydrogen-bond acceptors (Lipinski definition) is 2. The molecule has 0 fully saturated rings. The van der Waals surface area contributed by atoms with Gasteiger partial charge in [0.25, 0.3) is 0 Å². The molecule has 5 heteroatoms. The van der Waals surface area contributed by atoms with Gasteiger partial charge in [-0.05, 0) is 38.9 Å². The van der Waals surface area contributed by atoms with Crippen molar-refractivity contribution in [2.24, 2.45) is 5.73 Å². The van der Waals surface area contributed by atoms with Crippen LogP contribution in [0.25, 0.3) is 0 Å². The van der Waals surface area contributed by atoms with Crippen LogP contribution >= 0.6 is 0 Å². The van der Waals surface area contributed by atoms with Crippen molar-refractivity contribution in [2.45, 2.75) is 38.0 Å². The average Bonchev–Trinajstić information content (AvgIpc) is 2.27. The lowest BCUT2D eigenvalue weighted by Crippen LogP contribution is -2.53. The number of rotatable bonds is 6. The van der Waals surface area contributed by atoms with Gasteiger partial charge in [-0.15, -0.1) is 0 Å². The predicted octanol–water partition coefficient (Wildman–Crippen LogP) is 2.83. The van der Waals surface area contributed by atoms with Crippen molar-refractivity contribution < 1.29 is 13.2 Å². The predicted molar refractivity (Wildman–Crippen MR) is 70.9 cm³/mol. The first-order chi connectivity index (χ1) is 8.82. The molecule has 108 valence electrons. The number of nitrogens with two attached hydrogens (primary N) is 1. The van der Waals surface area contributed by atoms with Crippen LogP contribution in [-0.4, -0.2) is 36.8 Å². The Labute approximate surface area is 112 Å². The molecule has 0 aliphatic rings. The standard InChI is InChI=1S/C14H21F3N2/c1-11(18)13(14(15,16)17)19(2)10-6-9-12-7-4-3-5-8-12/h3-5,7-8,11,13H,6,9-10,18H2,1-2H3. The Morgan fingerprint density at radius 2 is 1.79 bits per heavy atom. The SMILES string of the molecule is CC(N)C(N(C)CCCc1ccccc1)C(F)(F)F. The first kappa shape index (κ1) is 16.0. The third-order valence-corrected chi connectivity index (χ3v) is 3.13. The summed E-state index contributed by atoms with van der Waals surface area (Å²) in [5.74, 6) is 0. The Morgan fingerprint density at radius 3 is 2.26 bits per heavy atom. The number of likely N-dealkylation sites (N-methyl/N-ethyl adjacent to an activating group) is 1. The maximum Gasteiger partial charge on any atom is 0.405 e. The van der Waals surface area contributed by atoms with Crippen LogP contribution in [0.1, 0.15) is 18.9 Å². The summed E-state index contributed by atoms with van der Waals surface area (Å²) >= 11 is 0. The van der Waals surface area contributed by atoms with E-state index < -0.39 is 18.3 Å². The second-order valence-corrected chi connectivity index (χ2v) is 4.92. The van der Waals surface area contributed by atoms with Gasteiger partial charge >= 0.3 is 6.18 Å². The maximum absolute atomic E-state index is 12.8. The van der Waals surface area contributed by atoms with Crippen LogP contribution < -0.4 is 5.73 Å². The minimum Gasteiger partial charge on any atom is -0.326 e. The topological polar surface area (TPSA) is 29.3 Å². The molecular formula is C14H21F3N2. The van der Waals surface area contributed by atoms with Crippen molar-refractivity contribution in [2.75, 3.05) is 13.6 Å². The summed E-state index contributed by atoms with van der Waals surface area (Å²) in [7, 11) is 1.48. The molecule has 0 aliphatic carbocycles. The summed E-state index contributed by atoms with van der Waals surface area (Å²) in [5.41, 5.74) is 6.58. The monoisotopic (exact) mass is 274 g/mol. The van der Waals surface area contributed by atoms with Gasteiger partial charge in [-0.25, -0.2) is 0 Å². The van der Waals surface area contributed by atoms with Gasteiger partial charge in [-0.3, -0.25) is 4.90 Å². The normalized spacial score (nSPS) is 15.5. The lowest BCUT2D eigenvalue weighted by Gasteiger charge is -2.32. The zero-order valence-electron chi connectivity index (χ0n) is 11.3. The van der Waals surface area contributed by atoms with E-state index in [2.05, 4.69) is 0 Å². The first-order valence-electron chi connectivity index (χ1n) is 6.39. The van der Waals surface area contributed by atoms with Gasteiger partial charge in [0.2, 0.25) is 0 Å². The molecule has 0 heterocycles. The lowest BCUT2D eigenvalue weighted by atomic mass is 10.1. The molecule has 0 saturated heterocycles. The van der Waals surface area contributed by atoms with Crippen LogP contribution in [0.15, 0.2) is 30.3 Å². The molecule has 19 heavy (non-hydrogen) atoms. The van der Waals surface area contributed by atoms with Gasteiger partial charge in [0.15, 0.2) is 0 Å². The van der Waals surface area contributed by atoms with E-state index in [0.717, 1.165) is 12.0 Å². The molecule has 2 N–H and O–H groups in total. The van der Waals surface area contributed by atoms with Gasteiger partial charge in [0.05, 0.1) is 0 Å². The average molecular weight is 274 g/mol. The first-order valence-corrected chi connectivity index (χ1v) is 6.39. The summed E-state index contributed by atoms with van der Waals surface area (Å²) in [6.45, 7) is 1.77. The van der Waals surface area contributed by atoms with Crippen LogP contribution in [0.5, 0.6) is 0 Å². The zero-order chi connectivity index (χ0) is 14.5. The van der Waals surface area contributed by atoms with Gasteiger partial charge in [0, 0.05) is 6.04 Å². The van der Waals surface area contributed by atoms with Crippen molar-refractivity contribution in [3.63, 3.8) is 0 Å². The number of aryl methyl sites for hydroxylation is 1. The number of nitrogens with zero attached hydrogens (tertiary/aromatic N) is 1. The number of alkyl halides is 3. The van der Waals surface area contributed by atoms with E-state index in [1.165, 1.54) is 18.9 Å². The number of hydrogen-bond donors (Lipinski definition) is 1. The molecule has 2 unspecified atom stereocenters. The van der Waals surface area contributed by atoms with Crippen LogP contribution in [0.3, 0.4) is 0 Å². The van der Waals surface area contributed by atoms with Gasteiger partial charge in [0.1, 0.15) is 6.04 Å². The molecular weight excluding hydrogens is 253 g/mol. The van der Waals surface area contributed by atoms with E-state index in [1.807, 2.05) is 30.3 Å². The summed E-state index contributed by atoms with van der Waals surface area (Å²) in [4.78, 5) is 1.30. The maximum atomic E-state index is 12.8. The van der Waals surface area contributed by atoms with E-state index in [9.17, 15) is 13.2 Å². The fourth-order valence-electron chi connectivity index (χ4n) is 2.27. The van der Waals surface area contributed by atoms with Crippen molar-refractivity contribution >= 4 is 0 Å². The molecule has 1 aromatic carbocycles. The molecule has 0 bridgehead atoms. The summed E-state index contributed by atoms with van der Waals surface area (Å²) in [6, 6.07) is 7.23. The van der Waals surface area contributed by atoms with Crippen LogP contribution in [0.4, 0.5) is 13.2 Å². The quantitative estimate of drug-likeness (QED) is 0.864. The van der Waals surface area contributed by atoms with Crippen LogP contribution in [-0.2, 0) is 6.42 Å². The molecule has 1 aromatic rings. The highest BCUT2D eigenvalue weighted by molar-refractivity contribution is 5.14. The Bertz CT molecular complexity index is 363. The van der Waals surface area contributed by atoms with E-state index >= 15 is 0 Å². The Balaban J connectivity index is 2.47. The van der Waals surface area contributed by atoms with Crippen molar-refractivity contribution in [3.8, 4) is 0 Å². The molecule has 2 atom stereocenters. The summed E-state index contributed by atoms with van der Waals surface area (Å²) in [5, 5.41) is 0. The fraction of sp³-hybridized carbons (Fsp3) is 0.571. The van der Waals surface area contributed by atoms with Crippen molar-refractivity contribution in [1.82, 2.24) is 4.90 Å². The molecule has 2 nitrogen and oxygen atoms in total. The third kappa shape index (κ3) is 5.20. The minimum absolute atomic E-state index is 0.376. The van der Waals surface area contributed by atoms with E-state index in [-0.39, 0.29) is 0 Å². The van der Waals surface area contributed by atoms with E-state index in [4.69, 9.17) is 5.73 Å². The smallest absolute Gasteiger partial charge is 0.326 e. The lowest BCUT2D eigenvalue weighted by molar-refractivity contribution is -0.184.